The summed E-state index contributed by atoms with van der Waals surface area (Å²) in [6.07, 6.45) is 4.94. The highest BCUT2D eigenvalue weighted by Gasteiger charge is 2.27. The molecular weight excluding hydrogens is 500 g/mol. The molecule has 38 heavy (non-hydrogen) atoms. The van der Waals surface area contributed by atoms with E-state index in [1.165, 1.54) is 11.3 Å². The molecule has 3 aromatic rings. The molecule has 1 amide bonds. The summed E-state index contributed by atoms with van der Waals surface area (Å²) in [5.74, 6) is 0.844. The van der Waals surface area contributed by atoms with Crippen LogP contribution < -0.4 is 20.3 Å². The fraction of sp³-hybridized carbons (Fsp3) is 0.414. The van der Waals surface area contributed by atoms with E-state index in [9.17, 15) is 4.79 Å². The molecule has 4 rings (SSSR count). The molecule has 2 atom stereocenters. The Bertz CT molecular complexity index is 1270. The average molecular weight is 537 g/mol. The van der Waals surface area contributed by atoms with Crippen LogP contribution in [0.4, 0.5) is 17.3 Å². The molecule has 0 radical (unpaired) electrons. The second-order valence-corrected chi connectivity index (χ2v) is 10.4. The van der Waals surface area contributed by atoms with Gasteiger partial charge < -0.3 is 20.3 Å². The third-order valence-corrected chi connectivity index (χ3v) is 7.79. The number of benzene rings is 2. The minimum absolute atomic E-state index is 0.184. The van der Waals surface area contributed by atoms with E-state index in [1.54, 1.807) is 26.3 Å². The van der Waals surface area contributed by atoms with Crippen molar-refractivity contribution in [1.29, 1.82) is 0 Å². The van der Waals surface area contributed by atoms with Gasteiger partial charge in [-0.05, 0) is 87.7 Å². The summed E-state index contributed by atoms with van der Waals surface area (Å²) in [7, 11) is 5.34. The minimum Gasteiger partial charge on any atom is -0.495 e. The minimum atomic E-state index is -0.184. The van der Waals surface area contributed by atoms with Crippen molar-refractivity contribution in [2.75, 3.05) is 44.5 Å². The van der Waals surface area contributed by atoms with Crippen molar-refractivity contribution < 1.29 is 9.53 Å². The van der Waals surface area contributed by atoms with Gasteiger partial charge in [0.15, 0.2) is 0 Å². The van der Waals surface area contributed by atoms with Crippen LogP contribution in [0.1, 0.15) is 40.9 Å². The normalized spacial score (nSPS) is 17.8. The number of aryl methyl sites for hydroxylation is 3. The number of nitrogens with one attached hydrogen (secondary N) is 2. The molecule has 0 aliphatic carbocycles. The summed E-state index contributed by atoms with van der Waals surface area (Å²) < 4.78 is 5.36. The Hall–Kier alpha value is -3.36. The number of methoxy groups -OCH3 is 1. The van der Waals surface area contributed by atoms with Gasteiger partial charge in [0.1, 0.15) is 5.75 Å². The van der Waals surface area contributed by atoms with E-state index < -0.39 is 0 Å². The molecule has 1 saturated heterocycles. The molecule has 0 spiro atoms. The van der Waals surface area contributed by atoms with Gasteiger partial charge in [-0.3, -0.25) is 9.69 Å². The zero-order valence-corrected chi connectivity index (χ0v) is 23.8. The quantitative estimate of drug-likeness (QED) is 0.425. The van der Waals surface area contributed by atoms with Crippen molar-refractivity contribution in [2.24, 2.45) is 0 Å². The first-order valence-electron chi connectivity index (χ1n) is 12.9. The predicted octanol–water partition coefficient (Wildman–Crippen LogP) is 4.86. The highest BCUT2D eigenvalue weighted by Crippen LogP contribution is 2.31. The molecule has 8 nitrogen and oxygen atoms in total. The van der Waals surface area contributed by atoms with Crippen LogP contribution in [-0.4, -0.2) is 67.2 Å². The Morgan fingerprint density at radius 1 is 1.11 bits per heavy atom. The third-order valence-electron chi connectivity index (χ3n) is 7.37. The molecule has 9 heteroatoms. The van der Waals surface area contributed by atoms with Gasteiger partial charge in [-0.1, -0.05) is 11.6 Å². The van der Waals surface area contributed by atoms with Crippen LogP contribution in [0.3, 0.4) is 0 Å². The van der Waals surface area contributed by atoms with E-state index >= 15 is 0 Å². The second-order valence-electron chi connectivity index (χ2n) is 10.0. The van der Waals surface area contributed by atoms with Gasteiger partial charge in [-0.15, -0.1) is 0 Å². The van der Waals surface area contributed by atoms with Gasteiger partial charge in [0, 0.05) is 61.6 Å². The number of ether oxygens (including phenoxy) is 1. The molecule has 1 fully saturated rings. The van der Waals surface area contributed by atoms with E-state index in [0.29, 0.717) is 47.2 Å². The first kappa shape index (κ1) is 27.7. The second kappa shape index (κ2) is 12.0. The molecule has 2 aromatic carbocycles. The van der Waals surface area contributed by atoms with E-state index in [1.807, 2.05) is 12.4 Å². The number of nitrogens with zero attached hydrogens (tertiary/aromatic N) is 4. The van der Waals surface area contributed by atoms with Crippen molar-refractivity contribution in [3.05, 3.63) is 70.0 Å². The largest absolute Gasteiger partial charge is 0.495 e. The van der Waals surface area contributed by atoms with Crippen LogP contribution in [0.15, 0.2) is 42.7 Å². The average Bonchev–Trinajstić information content (AvgIpc) is 2.91. The van der Waals surface area contributed by atoms with Crippen LogP contribution >= 0.6 is 11.6 Å². The lowest BCUT2D eigenvalue weighted by Gasteiger charge is -2.44. The number of hydrogen-bond acceptors (Lipinski definition) is 7. The number of carbonyl (C=O) groups is 1. The van der Waals surface area contributed by atoms with Crippen molar-refractivity contribution in [3.8, 4) is 5.75 Å². The Kier molecular flexibility index (Phi) is 8.74. The molecular formula is C29H37ClN6O2. The summed E-state index contributed by atoms with van der Waals surface area (Å²) in [6, 6.07) is 10.9. The van der Waals surface area contributed by atoms with Gasteiger partial charge in [0.05, 0.1) is 12.1 Å². The zero-order valence-electron chi connectivity index (χ0n) is 23.0. The Morgan fingerprint density at radius 3 is 2.39 bits per heavy atom. The number of rotatable bonds is 8. The van der Waals surface area contributed by atoms with Gasteiger partial charge in [-0.25, -0.2) is 9.97 Å². The van der Waals surface area contributed by atoms with Crippen LogP contribution in [0.2, 0.25) is 5.02 Å². The number of carbonyl (C=O) groups excluding carboxylic acids is 1. The lowest BCUT2D eigenvalue weighted by molar-refractivity contribution is 0.0962. The summed E-state index contributed by atoms with van der Waals surface area (Å²) in [5, 5.41) is 6.47. The Morgan fingerprint density at radius 2 is 1.79 bits per heavy atom. The van der Waals surface area contributed by atoms with Gasteiger partial charge in [0.2, 0.25) is 5.95 Å². The molecule has 1 aromatic heterocycles. The summed E-state index contributed by atoms with van der Waals surface area (Å²) in [5.41, 5.74) is 5.78. The Labute approximate surface area is 230 Å². The summed E-state index contributed by atoms with van der Waals surface area (Å²) >= 11 is 6.50. The first-order chi connectivity index (χ1) is 18.2. The maximum atomic E-state index is 12.1. The van der Waals surface area contributed by atoms with Crippen LogP contribution in [-0.2, 0) is 12.8 Å². The molecule has 0 bridgehead atoms. The first-order valence-corrected chi connectivity index (χ1v) is 13.3. The monoisotopic (exact) mass is 536 g/mol. The van der Waals surface area contributed by atoms with Gasteiger partial charge in [0.25, 0.3) is 5.91 Å². The number of piperazine rings is 1. The fourth-order valence-corrected chi connectivity index (χ4v) is 5.19. The number of amides is 1. The Balaban J connectivity index is 1.40. The van der Waals surface area contributed by atoms with Crippen LogP contribution in [0.25, 0.3) is 0 Å². The molecule has 1 aliphatic heterocycles. The SMILES string of the molecule is CNC(=O)c1cc(CCc2cnc(Nc3ccc(N4C[C@@H](C)N(C)[C@@H](C)C4)c(C)c3)nc2)c(Cl)c(OC)c1. The van der Waals surface area contributed by atoms with E-state index in [2.05, 4.69) is 76.4 Å². The highest BCUT2D eigenvalue weighted by molar-refractivity contribution is 6.33. The van der Waals surface area contributed by atoms with Gasteiger partial charge in [-0.2, -0.15) is 0 Å². The molecule has 0 unspecified atom stereocenters. The lowest BCUT2D eigenvalue weighted by Crippen LogP contribution is -2.55. The van der Waals surface area contributed by atoms with Crippen molar-refractivity contribution >= 4 is 34.8 Å². The number of likely N-dealkylation sites (N-methyl/N-ethyl adjacent to an activating group) is 1. The van der Waals surface area contributed by atoms with E-state index in [-0.39, 0.29) is 5.91 Å². The van der Waals surface area contributed by atoms with Crippen molar-refractivity contribution in [2.45, 2.75) is 45.7 Å². The predicted molar refractivity (Wildman–Crippen MR) is 154 cm³/mol. The number of hydrogen-bond donors (Lipinski definition) is 2. The molecule has 1 aliphatic rings. The van der Waals surface area contributed by atoms with E-state index in [0.717, 1.165) is 29.9 Å². The summed E-state index contributed by atoms with van der Waals surface area (Å²) in [4.78, 5) is 26.1. The highest BCUT2D eigenvalue weighted by atomic mass is 35.5. The fourth-order valence-electron chi connectivity index (χ4n) is 4.91. The standard InChI is InChI=1S/C29H37ClN6O2/c1-18-11-24(9-10-25(18)36-16-19(2)35(5)20(3)17-36)34-29-32-14-21(15-33-29)7-8-22-12-23(28(37)31-4)13-26(38-6)27(22)30/h9-15,19-20H,7-8,16-17H2,1-6H3,(H,31,37)(H,32,33,34)/t19-,20+. The topological polar surface area (TPSA) is 82.6 Å². The number of aromatic nitrogens is 2. The smallest absolute Gasteiger partial charge is 0.251 e. The van der Waals surface area contributed by atoms with E-state index in [4.69, 9.17) is 16.3 Å². The molecule has 202 valence electrons. The third kappa shape index (κ3) is 6.19. The number of halogens is 1. The molecule has 2 N–H and O–H groups in total. The van der Waals surface area contributed by atoms with Crippen molar-refractivity contribution in [1.82, 2.24) is 20.2 Å². The van der Waals surface area contributed by atoms with Gasteiger partial charge >= 0.3 is 0 Å². The lowest BCUT2D eigenvalue weighted by atomic mass is 10.0. The maximum Gasteiger partial charge on any atom is 0.251 e. The zero-order chi connectivity index (χ0) is 27.4. The van der Waals surface area contributed by atoms with Crippen molar-refractivity contribution in [3.63, 3.8) is 0 Å². The maximum absolute atomic E-state index is 12.1. The summed E-state index contributed by atoms with van der Waals surface area (Å²) in [6.45, 7) is 8.75. The number of anilines is 3. The molecule has 2 heterocycles. The molecule has 0 saturated carbocycles. The van der Waals surface area contributed by atoms with Crippen LogP contribution in [0, 0.1) is 6.92 Å². The van der Waals surface area contributed by atoms with Crippen LogP contribution in [0.5, 0.6) is 5.75 Å².